The van der Waals surface area contributed by atoms with Crippen LogP contribution in [0.25, 0.3) is 0 Å². The van der Waals surface area contributed by atoms with Crippen molar-refractivity contribution in [3.63, 3.8) is 0 Å². The van der Waals surface area contributed by atoms with Gasteiger partial charge in [-0.15, -0.1) is 0 Å². The molecule has 2 unspecified atom stereocenters. The van der Waals surface area contributed by atoms with Gasteiger partial charge in [0.1, 0.15) is 18.5 Å². The van der Waals surface area contributed by atoms with Crippen LogP contribution < -0.4 is 24.4 Å². The number of nitrogens with one attached hydrogen (secondary N) is 1. The molecule has 2 atom stereocenters. The Kier molecular flexibility index (Phi) is 6.32. The van der Waals surface area contributed by atoms with Gasteiger partial charge in [0.2, 0.25) is 18.6 Å². The van der Waals surface area contributed by atoms with Gasteiger partial charge in [0, 0.05) is 31.3 Å². The third kappa shape index (κ3) is 5.30. The lowest BCUT2D eigenvalue weighted by molar-refractivity contribution is -0.137. The molecule has 1 fully saturated rings. The predicted molar refractivity (Wildman–Crippen MR) is 109 cm³/mol. The van der Waals surface area contributed by atoms with E-state index in [1.165, 1.54) is 17.0 Å². The normalized spacial score (nSPS) is 18.4. The molecule has 0 aromatic heterocycles. The second kappa shape index (κ2) is 9.18. The van der Waals surface area contributed by atoms with Crippen molar-refractivity contribution in [2.45, 2.75) is 18.7 Å². The van der Waals surface area contributed by atoms with Crippen molar-refractivity contribution >= 4 is 17.5 Å². The first-order valence-corrected chi connectivity index (χ1v) is 10.2. The zero-order valence-corrected chi connectivity index (χ0v) is 17.3. The van der Waals surface area contributed by atoms with Gasteiger partial charge in [0.25, 0.3) is 0 Å². The molecule has 33 heavy (non-hydrogen) atoms. The average molecular weight is 466 g/mol. The van der Waals surface area contributed by atoms with Crippen molar-refractivity contribution in [2.75, 3.05) is 31.4 Å². The number of hydrogen-bond acceptors (Lipinski definition) is 6. The minimum atomic E-state index is -4.53. The number of ether oxygens (including phenoxy) is 3. The van der Waals surface area contributed by atoms with Crippen LogP contribution in [0.5, 0.6) is 17.2 Å². The Bertz CT molecular complexity index is 1050. The van der Waals surface area contributed by atoms with Gasteiger partial charge in [-0.05, 0) is 30.3 Å². The number of aliphatic hydroxyl groups excluding tert-OH is 1. The summed E-state index contributed by atoms with van der Waals surface area (Å²) in [6.07, 6.45) is -5.68. The van der Waals surface area contributed by atoms with E-state index in [0.717, 1.165) is 12.1 Å². The van der Waals surface area contributed by atoms with Crippen LogP contribution in [0.4, 0.5) is 18.9 Å². The number of carbonyl (C=O) groups is 2. The van der Waals surface area contributed by atoms with Crippen LogP contribution in [0.3, 0.4) is 0 Å². The van der Waals surface area contributed by atoms with Gasteiger partial charge in [-0.2, -0.15) is 13.2 Å². The van der Waals surface area contributed by atoms with E-state index in [-0.39, 0.29) is 38.6 Å². The molecule has 2 N–H and O–H groups in total. The van der Waals surface area contributed by atoms with E-state index in [9.17, 15) is 27.9 Å². The maximum atomic E-state index is 12.9. The molecule has 2 aliphatic rings. The average Bonchev–Trinajstić information content (AvgIpc) is 3.41. The summed E-state index contributed by atoms with van der Waals surface area (Å²) in [6.45, 7) is -0.129. The second-order valence-electron chi connectivity index (χ2n) is 7.68. The van der Waals surface area contributed by atoms with Gasteiger partial charge in [0.15, 0.2) is 11.5 Å². The molecular formula is C22H21F3N2O6. The molecule has 0 aliphatic carbocycles. The standard InChI is InChI=1S/C22H21F3N2O6/c23-22(24,25)14-2-1-3-15(7-14)27-10-13(6-20(27)29)21(30)26-9-16(28)11-31-17-4-5-18-19(8-17)33-12-32-18/h1-5,7-8,13,16,28H,6,9-12H2,(H,26,30). The number of carbonyl (C=O) groups excluding carboxylic acids is 2. The van der Waals surface area contributed by atoms with Crippen molar-refractivity contribution in [1.29, 1.82) is 0 Å². The van der Waals surface area contributed by atoms with Crippen LogP contribution in [0.15, 0.2) is 42.5 Å². The highest BCUT2D eigenvalue weighted by atomic mass is 19.4. The summed E-state index contributed by atoms with van der Waals surface area (Å²) < 4.78 is 54.8. The minimum Gasteiger partial charge on any atom is -0.491 e. The summed E-state index contributed by atoms with van der Waals surface area (Å²) in [7, 11) is 0. The van der Waals surface area contributed by atoms with Gasteiger partial charge >= 0.3 is 6.18 Å². The Morgan fingerprint density at radius 2 is 2.00 bits per heavy atom. The summed E-state index contributed by atoms with van der Waals surface area (Å²) in [4.78, 5) is 25.9. The zero-order valence-electron chi connectivity index (χ0n) is 17.3. The summed E-state index contributed by atoms with van der Waals surface area (Å²) >= 11 is 0. The monoisotopic (exact) mass is 466 g/mol. The number of rotatable bonds is 7. The van der Waals surface area contributed by atoms with E-state index < -0.39 is 35.6 Å². The van der Waals surface area contributed by atoms with Crippen molar-refractivity contribution in [1.82, 2.24) is 5.32 Å². The van der Waals surface area contributed by atoms with Gasteiger partial charge in [-0.25, -0.2) is 0 Å². The summed E-state index contributed by atoms with van der Waals surface area (Å²) in [5, 5.41) is 12.7. The first-order valence-electron chi connectivity index (χ1n) is 10.2. The number of benzene rings is 2. The van der Waals surface area contributed by atoms with Crippen LogP contribution in [0.2, 0.25) is 0 Å². The lowest BCUT2D eigenvalue weighted by atomic mass is 10.1. The first-order chi connectivity index (χ1) is 15.7. The lowest BCUT2D eigenvalue weighted by Crippen LogP contribution is -2.39. The van der Waals surface area contributed by atoms with Crippen molar-refractivity contribution < 1.29 is 42.1 Å². The number of aliphatic hydroxyl groups is 1. The first kappa shape index (κ1) is 22.7. The minimum absolute atomic E-state index is 0.0459. The highest BCUT2D eigenvalue weighted by Crippen LogP contribution is 2.35. The van der Waals surface area contributed by atoms with E-state index in [4.69, 9.17) is 14.2 Å². The molecule has 11 heteroatoms. The van der Waals surface area contributed by atoms with Crippen molar-refractivity contribution in [2.24, 2.45) is 5.92 Å². The third-order valence-corrected chi connectivity index (χ3v) is 5.28. The summed E-state index contributed by atoms with van der Waals surface area (Å²) in [5.41, 5.74) is -0.784. The highest BCUT2D eigenvalue weighted by molar-refractivity contribution is 6.00. The maximum Gasteiger partial charge on any atom is 0.416 e. The molecule has 2 heterocycles. The van der Waals surface area contributed by atoms with Crippen molar-refractivity contribution in [3.05, 3.63) is 48.0 Å². The fourth-order valence-electron chi connectivity index (χ4n) is 3.56. The molecule has 0 saturated carbocycles. The number of halogens is 3. The number of alkyl halides is 3. The number of anilines is 1. The number of amides is 2. The van der Waals surface area contributed by atoms with E-state index in [1.807, 2.05) is 0 Å². The lowest BCUT2D eigenvalue weighted by Gasteiger charge is -2.19. The Labute approximate surface area is 186 Å². The molecule has 2 aromatic carbocycles. The molecule has 0 spiro atoms. The summed E-state index contributed by atoms with van der Waals surface area (Å²) in [5.74, 6) is -0.0650. The number of nitrogens with zero attached hydrogens (tertiary/aromatic N) is 1. The van der Waals surface area contributed by atoms with Crippen LogP contribution in [-0.4, -0.2) is 49.5 Å². The number of hydrogen-bond donors (Lipinski definition) is 2. The van der Waals surface area contributed by atoms with Crippen LogP contribution >= 0.6 is 0 Å². The summed E-state index contributed by atoms with van der Waals surface area (Å²) in [6, 6.07) is 9.38. The third-order valence-electron chi connectivity index (χ3n) is 5.28. The maximum absolute atomic E-state index is 12.9. The molecule has 1 saturated heterocycles. The molecule has 4 rings (SSSR count). The van der Waals surface area contributed by atoms with Crippen LogP contribution in [-0.2, 0) is 15.8 Å². The van der Waals surface area contributed by atoms with Crippen LogP contribution in [0, 0.1) is 5.92 Å². The molecule has 0 bridgehead atoms. The van der Waals surface area contributed by atoms with E-state index in [2.05, 4.69) is 5.32 Å². The largest absolute Gasteiger partial charge is 0.491 e. The molecule has 2 amide bonds. The molecule has 2 aromatic rings. The molecule has 2 aliphatic heterocycles. The molecule has 0 radical (unpaired) electrons. The molecular weight excluding hydrogens is 445 g/mol. The Balaban J connectivity index is 1.26. The smallest absolute Gasteiger partial charge is 0.416 e. The molecule has 8 nitrogen and oxygen atoms in total. The van der Waals surface area contributed by atoms with E-state index in [0.29, 0.717) is 17.2 Å². The van der Waals surface area contributed by atoms with Gasteiger partial charge in [-0.3, -0.25) is 9.59 Å². The van der Waals surface area contributed by atoms with Crippen LogP contribution in [0.1, 0.15) is 12.0 Å². The number of fused-ring (bicyclic) bond motifs is 1. The fraction of sp³-hybridized carbons (Fsp3) is 0.364. The van der Waals surface area contributed by atoms with E-state index in [1.54, 1.807) is 18.2 Å². The Morgan fingerprint density at radius 1 is 1.21 bits per heavy atom. The predicted octanol–water partition coefficient (Wildman–Crippen LogP) is 2.34. The van der Waals surface area contributed by atoms with Gasteiger partial charge in [-0.1, -0.05) is 6.07 Å². The molecule has 176 valence electrons. The topological polar surface area (TPSA) is 97.3 Å². The highest BCUT2D eigenvalue weighted by Gasteiger charge is 2.37. The van der Waals surface area contributed by atoms with E-state index >= 15 is 0 Å². The zero-order chi connectivity index (χ0) is 23.6. The Hall–Kier alpha value is -3.47. The fourth-order valence-corrected chi connectivity index (χ4v) is 3.56. The Morgan fingerprint density at radius 3 is 2.79 bits per heavy atom. The van der Waals surface area contributed by atoms with Gasteiger partial charge < -0.3 is 29.5 Å². The van der Waals surface area contributed by atoms with Crippen molar-refractivity contribution in [3.8, 4) is 17.2 Å². The second-order valence-corrected chi connectivity index (χ2v) is 7.68. The quantitative estimate of drug-likeness (QED) is 0.650. The van der Waals surface area contributed by atoms with Gasteiger partial charge in [0.05, 0.1) is 11.5 Å². The SMILES string of the molecule is O=C(NCC(O)COc1ccc2c(c1)OCO2)C1CC(=O)N(c2cccc(C(F)(F)F)c2)C1.